The summed E-state index contributed by atoms with van der Waals surface area (Å²) in [6.45, 7) is 6.55. The van der Waals surface area contributed by atoms with Crippen molar-refractivity contribution in [3.8, 4) is 17.2 Å². The zero-order valence-electron chi connectivity index (χ0n) is 23.3. The first-order valence-electron chi connectivity index (χ1n) is 13.4. The molecule has 1 aromatic heterocycles. The van der Waals surface area contributed by atoms with Crippen LogP contribution >= 0.6 is 0 Å². The quantitative estimate of drug-likeness (QED) is 0.164. The lowest BCUT2D eigenvalue weighted by molar-refractivity contribution is -0.123. The molecule has 208 valence electrons. The number of Topliss-reactive ketones (excluding diaryl/α,β-unsaturated/α-hetero) is 2. The number of rotatable bonds is 8. The number of aromatic nitrogens is 2. The molecule has 9 nitrogen and oxygen atoms in total. The molecule has 0 saturated carbocycles. The van der Waals surface area contributed by atoms with Crippen LogP contribution in [0.3, 0.4) is 0 Å². The van der Waals surface area contributed by atoms with Crippen LogP contribution in [0.1, 0.15) is 67.3 Å². The monoisotopic (exact) mass is 543 g/mol. The fraction of sp³-hybridized carbons (Fsp3) is 0.355. The molecule has 0 fully saturated rings. The van der Waals surface area contributed by atoms with Gasteiger partial charge in [-0.2, -0.15) is 0 Å². The average Bonchev–Trinajstić information content (AvgIpc) is 3.39. The van der Waals surface area contributed by atoms with Gasteiger partial charge in [-0.15, -0.1) is 0 Å². The Morgan fingerprint density at radius 3 is 2.52 bits per heavy atom. The zero-order valence-corrected chi connectivity index (χ0v) is 23.3. The van der Waals surface area contributed by atoms with E-state index in [1.165, 1.54) is 19.9 Å². The van der Waals surface area contributed by atoms with Crippen molar-refractivity contribution in [2.75, 3.05) is 6.54 Å². The molecule has 0 radical (unpaired) electrons. The minimum absolute atomic E-state index is 0.0168. The number of phenols is 2. The van der Waals surface area contributed by atoms with Crippen LogP contribution < -0.4 is 10.1 Å². The Kier molecular flexibility index (Phi) is 6.77. The van der Waals surface area contributed by atoms with E-state index in [0.717, 1.165) is 42.5 Å². The molecule has 1 aliphatic carbocycles. The summed E-state index contributed by atoms with van der Waals surface area (Å²) in [6.07, 6.45) is 4.81. The van der Waals surface area contributed by atoms with Gasteiger partial charge < -0.3 is 24.8 Å². The molecule has 3 N–H and O–H groups in total. The van der Waals surface area contributed by atoms with Crippen LogP contribution in [0.4, 0.5) is 0 Å². The van der Waals surface area contributed by atoms with Gasteiger partial charge in [-0.1, -0.05) is 18.6 Å². The standard InChI is InChI=1S/C31H33N3O6/c1-16-27(37)25(18(3)35)29-26(28(16)38)31(4)22(40-29)15-21(36)24(30(31)39)17(2)32-14-10-6-7-13-23-33-19-11-8-9-12-20(19)34(23)5/h8-9,11-12,15,32,37-38H,6-7,10,13-14H2,1-5H3. The van der Waals surface area contributed by atoms with Crippen molar-refractivity contribution in [2.45, 2.75) is 58.8 Å². The predicted molar refractivity (Wildman–Crippen MR) is 150 cm³/mol. The summed E-state index contributed by atoms with van der Waals surface area (Å²) in [5.41, 5.74) is 1.05. The Morgan fingerprint density at radius 2 is 1.82 bits per heavy atom. The number of carbonyl (C=O) groups is 3. The van der Waals surface area contributed by atoms with Gasteiger partial charge in [0.1, 0.15) is 39.8 Å². The van der Waals surface area contributed by atoms with Crippen molar-refractivity contribution in [1.29, 1.82) is 0 Å². The molecular weight excluding hydrogens is 510 g/mol. The fourth-order valence-electron chi connectivity index (χ4n) is 5.73. The lowest BCUT2D eigenvalue weighted by Crippen LogP contribution is -2.41. The number of aromatic hydroxyl groups is 2. The molecule has 2 aromatic carbocycles. The maximum atomic E-state index is 13.9. The summed E-state index contributed by atoms with van der Waals surface area (Å²) in [6, 6.07) is 8.06. The van der Waals surface area contributed by atoms with Crippen molar-refractivity contribution in [1.82, 2.24) is 14.9 Å². The SMILES string of the molecule is CC(=O)c1c(O)c(C)c(O)c2c1OC1=CC(=O)C(=C(C)NCCCCCc3nc4ccccc4n3C)C(=O)C12C. The van der Waals surface area contributed by atoms with Gasteiger partial charge in [0.2, 0.25) is 0 Å². The highest BCUT2D eigenvalue weighted by Gasteiger charge is 2.56. The number of imidazole rings is 1. The number of aryl methyl sites for hydroxylation is 2. The molecule has 40 heavy (non-hydrogen) atoms. The van der Waals surface area contributed by atoms with E-state index in [9.17, 15) is 24.6 Å². The summed E-state index contributed by atoms with van der Waals surface area (Å²) >= 11 is 0. The number of fused-ring (bicyclic) bond motifs is 4. The first kappa shape index (κ1) is 27.2. The fourth-order valence-corrected chi connectivity index (χ4v) is 5.73. The van der Waals surface area contributed by atoms with Crippen LogP contribution in [-0.4, -0.2) is 43.7 Å². The number of nitrogens with zero attached hydrogens (tertiary/aromatic N) is 2. The van der Waals surface area contributed by atoms with E-state index in [1.807, 2.05) is 25.2 Å². The number of allylic oxidation sites excluding steroid dienone is 4. The Labute approximate surface area is 232 Å². The normalized spacial score (nSPS) is 19.3. The van der Waals surface area contributed by atoms with Crippen LogP contribution in [0.15, 0.2) is 47.4 Å². The highest BCUT2D eigenvalue weighted by Crippen LogP contribution is 2.57. The summed E-state index contributed by atoms with van der Waals surface area (Å²) in [5.74, 6) is -1.29. The van der Waals surface area contributed by atoms with Crippen molar-refractivity contribution in [2.24, 2.45) is 7.05 Å². The van der Waals surface area contributed by atoms with E-state index < -0.39 is 28.5 Å². The molecule has 9 heteroatoms. The van der Waals surface area contributed by atoms with Crippen LogP contribution in [0.5, 0.6) is 17.2 Å². The first-order chi connectivity index (χ1) is 19.0. The number of ether oxygens (including phenoxy) is 1. The molecule has 1 atom stereocenters. The molecule has 1 unspecified atom stereocenters. The molecule has 1 aliphatic heterocycles. The second-order valence-corrected chi connectivity index (χ2v) is 10.7. The molecule has 0 bridgehead atoms. The van der Waals surface area contributed by atoms with Gasteiger partial charge in [-0.05, 0) is 52.7 Å². The summed E-state index contributed by atoms with van der Waals surface area (Å²) < 4.78 is 7.93. The predicted octanol–water partition coefficient (Wildman–Crippen LogP) is 4.46. The van der Waals surface area contributed by atoms with Crippen molar-refractivity contribution in [3.63, 3.8) is 0 Å². The summed E-state index contributed by atoms with van der Waals surface area (Å²) in [4.78, 5) is 44.0. The largest absolute Gasteiger partial charge is 0.507 e. The zero-order chi connectivity index (χ0) is 28.9. The van der Waals surface area contributed by atoms with Crippen molar-refractivity contribution in [3.05, 3.63) is 69.9 Å². The number of para-hydroxylation sites is 2. The third kappa shape index (κ3) is 4.08. The number of hydrogen-bond donors (Lipinski definition) is 3. The van der Waals surface area contributed by atoms with Gasteiger partial charge in [-0.25, -0.2) is 4.98 Å². The summed E-state index contributed by atoms with van der Waals surface area (Å²) in [7, 11) is 2.03. The molecule has 0 amide bonds. The highest BCUT2D eigenvalue weighted by atomic mass is 16.5. The van der Waals surface area contributed by atoms with Gasteiger partial charge in [0.25, 0.3) is 0 Å². The van der Waals surface area contributed by atoms with E-state index in [0.29, 0.717) is 12.2 Å². The second-order valence-electron chi connectivity index (χ2n) is 10.7. The Hall–Kier alpha value is -4.40. The van der Waals surface area contributed by atoms with E-state index in [4.69, 9.17) is 9.72 Å². The molecule has 0 saturated heterocycles. The molecular formula is C31H33N3O6. The molecule has 2 heterocycles. The van der Waals surface area contributed by atoms with Crippen LogP contribution in [0, 0.1) is 6.92 Å². The Bertz CT molecular complexity index is 1660. The first-order valence-corrected chi connectivity index (χ1v) is 13.4. The van der Waals surface area contributed by atoms with E-state index in [-0.39, 0.29) is 39.5 Å². The smallest absolute Gasteiger partial charge is 0.194 e. The third-order valence-electron chi connectivity index (χ3n) is 8.11. The number of unbranched alkanes of at least 4 members (excludes halogenated alkanes) is 2. The number of ketones is 3. The van der Waals surface area contributed by atoms with Crippen molar-refractivity contribution < 1.29 is 29.3 Å². The topological polar surface area (TPSA) is 131 Å². The number of hydrogen-bond acceptors (Lipinski definition) is 8. The lowest BCUT2D eigenvalue weighted by Gasteiger charge is -2.29. The molecule has 0 spiro atoms. The second kappa shape index (κ2) is 9.97. The average molecular weight is 544 g/mol. The van der Waals surface area contributed by atoms with Crippen LogP contribution in [0.2, 0.25) is 0 Å². The Morgan fingerprint density at radius 1 is 1.10 bits per heavy atom. The number of nitrogens with one attached hydrogen (secondary N) is 1. The van der Waals surface area contributed by atoms with Crippen LogP contribution in [-0.2, 0) is 28.5 Å². The molecule has 5 rings (SSSR count). The van der Waals surface area contributed by atoms with Gasteiger partial charge in [0, 0.05) is 37.3 Å². The molecule has 3 aromatic rings. The maximum absolute atomic E-state index is 13.9. The minimum atomic E-state index is -1.51. The van der Waals surface area contributed by atoms with Gasteiger partial charge >= 0.3 is 0 Å². The van der Waals surface area contributed by atoms with Gasteiger partial charge in [0.05, 0.1) is 22.2 Å². The minimum Gasteiger partial charge on any atom is -0.507 e. The van der Waals surface area contributed by atoms with Gasteiger partial charge in [0.15, 0.2) is 17.3 Å². The van der Waals surface area contributed by atoms with E-state index >= 15 is 0 Å². The van der Waals surface area contributed by atoms with E-state index in [2.05, 4.69) is 16.0 Å². The highest BCUT2D eigenvalue weighted by molar-refractivity contribution is 6.31. The van der Waals surface area contributed by atoms with E-state index in [1.54, 1.807) is 13.8 Å². The molecule has 2 aliphatic rings. The third-order valence-corrected chi connectivity index (χ3v) is 8.11. The number of benzene rings is 2. The number of carbonyl (C=O) groups excluding carboxylic acids is 3. The van der Waals surface area contributed by atoms with Crippen molar-refractivity contribution >= 4 is 28.4 Å². The Balaban J connectivity index is 1.30. The van der Waals surface area contributed by atoms with Crippen LogP contribution in [0.25, 0.3) is 11.0 Å². The number of phenolic OH excluding ortho intramolecular Hbond substituents is 2. The van der Waals surface area contributed by atoms with Gasteiger partial charge in [-0.3, -0.25) is 14.4 Å². The lowest BCUT2D eigenvalue weighted by atomic mass is 9.70. The maximum Gasteiger partial charge on any atom is 0.194 e. The summed E-state index contributed by atoms with van der Waals surface area (Å²) in [5, 5.41) is 24.7.